The number of hydrogen-bond donors (Lipinski definition) is 1. The highest BCUT2D eigenvalue weighted by molar-refractivity contribution is 4.96. The van der Waals surface area contributed by atoms with Crippen molar-refractivity contribution in [2.75, 3.05) is 26.9 Å². The van der Waals surface area contributed by atoms with E-state index in [2.05, 4.69) is 6.58 Å². The summed E-state index contributed by atoms with van der Waals surface area (Å²) in [6.07, 6.45) is 5.52. The largest absolute Gasteiger partial charge is 0.498 e. The monoisotopic (exact) mass is 214 g/mol. The van der Waals surface area contributed by atoms with Crippen LogP contribution in [-0.2, 0) is 9.47 Å². The standard InChI is InChI=1S/C12H22O3/c1-11(10-13)6-4-7-12(2)15-9-5-8-14-3/h4,6,11,13H,2,5,7-10H2,1,3H3/b6-4-. The average Bonchev–Trinajstić information content (AvgIpc) is 2.24. The summed E-state index contributed by atoms with van der Waals surface area (Å²) >= 11 is 0. The highest BCUT2D eigenvalue weighted by Crippen LogP contribution is 2.04. The van der Waals surface area contributed by atoms with Gasteiger partial charge in [0.15, 0.2) is 0 Å². The van der Waals surface area contributed by atoms with E-state index in [1.807, 2.05) is 19.1 Å². The van der Waals surface area contributed by atoms with Crippen molar-refractivity contribution in [3.8, 4) is 0 Å². The lowest BCUT2D eigenvalue weighted by Gasteiger charge is -2.06. The predicted molar refractivity (Wildman–Crippen MR) is 61.6 cm³/mol. The maximum atomic E-state index is 8.78. The van der Waals surface area contributed by atoms with Crippen LogP contribution in [0, 0.1) is 5.92 Å². The van der Waals surface area contributed by atoms with Crippen molar-refractivity contribution in [3.05, 3.63) is 24.5 Å². The number of ether oxygens (including phenoxy) is 2. The molecule has 3 heteroatoms. The van der Waals surface area contributed by atoms with Gasteiger partial charge in [0.25, 0.3) is 0 Å². The van der Waals surface area contributed by atoms with Crippen molar-refractivity contribution in [2.45, 2.75) is 19.8 Å². The normalized spacial score (nSPS) is 13.0. The second-order valence-corrected chi connectivity index (χ2v) is 3.53. The van der Waals surface area contributed by atoms with Gasteiger partial charge in [-0.15, -0.1) is 0 Å². The van der Waals surface area contributed by atoms with Gasteiger partial charge in [0.05, 0.1) is 12.4 Å². The van der Waals surface area contributed by atoms with E-state index in [0.717, 1.165) is 12.2 Å². The van der Waals surface area contributed by atoms with E-state index in [-0.39, 0.29) is 12.5 Å². The van der Waals surface area contributed by atoms with E-state index in [4.69, 9.17) is 14.6 Å². The molecule has 1 unspecified atom stereocenters. The third kappa shape index (κ3) is 9.50. The predicted octanol–water partition coefficient (Wildman–Crippen LogP) is 2.13. The van der Waals surface area contributed by atoms with Crippen molar-refractivity contribution in [3.63, 3.8) is 0 Å². The maximum Gasteiger partial charge on any atom is 0.0925 e. The first kappa shape index (κ1) is 14.2. The smallest absolute Gasteiger partial charge is 0.0925 e. The zero-order valence-electron chi connectivity index (χ0n) is 9.74. The Morgan fingerprint density at radius 3 is 2.80 bits per heavy atom. The first-order valence-electron chi connectivity index (χ1n) is 5.27. The number of rotatable bonds is 9. The van der Waals surface area contributed by atoms with E-state index < -0.39 is 0 Å². The minimum Gasteiger partial charge on any atom is -0.498 e. The van der Waals surface area contributed by atoms with Crippen LogP contribution >= 0.6 is 0 Å². The Morgan fingerprint density at radius 1 is 1.47 bits per heavy atom. The Hall–Kier alpha value is -0.800. The molecule has 0 bridgehead atoms. The molecule has 0 amide bonds. The number of aliphatic hydroxyl groups is 1. The van der Waals surface area contributed by atoms with Gasteiger partial charge in [-0.25, -0.2) is 0 Å². The Balaban J connectivity index is 3.44. The summed E-state index contributed by atoms with van der Waals surface area (Å²) in [4.78, 5) is 0. The van der Waals surface area contributed by atoms with Crippen LogP contribution in [0.4, 0.5) is 0 Å². The molecule has 3 nitrogen and oxygen atoms in total. The van der Waals surface area contributed by atoms with Gasteiger partial charge in [0.2, 0.25) is 0 Å². The lowest BCUT2D eigenvalue weighted by Crippen LogP contribution is -1.98. The molecule has 0 aromatic heterocycles. The van der Waals surface area contributed by atoms with Gasteiger partial charge >= 0.3 is 0 Å². The second-order valence-electron chi connectivity index (χ2n) is 3.53. The fraction of sp³-hybridized carbons (Fsp3) is 0.667. The summed E-state index contributed by atoms with van der Waals surface area (Å²) < 4.78 is 10.3. The maximum absolute atomic E-state index is 8.78. The van der Waals surface area contributed by atoms with Crippen molar-refractivity contribution in [1.82, 2.24) is 0 Å². The summed E-state index contributed by atoms with van der Waals surface area (Å²) in [5.74, 6) is 0.957. The van der Waals surface area contributed by atoms with Crippen LogP contribution in [0.2, 0.25) is 0 Å². The number of methoxy groups -OCH3 is 1. The molecule has 88 valence electrons. The zero-order valence-corrected chi connectivity index (χ0v) is 9.74. The molecule has 0 aromatic carbocycles. The highest BCUT2D eigenvalue weighted by Gasteiger charge is 1.94. The highest BCUT2D eigenvalue weighted by atomic mass is 16.5. The minimum absolute atomic E-state index is 0.178. The summed E-state index contributed by atoms with van der Waals surface area (Å²) in [7, 11) is 1.67. The molecular formula is C12H22O3. The molecule has 0 fully saturated rings. The van der Waals surface area contributed by atoms with Crippen LogP contribution in [0.15, 0.2) is 24.5 Å². The Morgan fingerprint density at radius 2 is 2.20 bits per heavy atom. The fourth-order valence-corrected chi connectivity index (χ4v) is 0.971. The molecule has 1 N–H and O–H groups in total. The second kappa shape index (κ2) is 9.74. The third-order valence-corrected chi connectivity index (χ3v) is 1.90. The molecule has 1 atom stereocenters. The molecule has 15 heavy (non-hydrogen) atoms. The first-order chi connectivity index (χ1) is 7.20. The van der Waals surface area contributed by atoms with Crippen LogP contribution in [0.25, 0.3) is 0 Å². The summed E-state index contributed by atoms with van der Waals surface area (Å²) in [5, 5.41) is 8.78. The van der Waals surface area contributed by atoms with Gasteiger partial charge < -0.3 is 14.6 Å². The summed E-state index contributed by atoms with van der Waals surface area (Å²) in [6.45, 7) is 7.30. The molecular weight excluding hydrogens is 192 g/mol. The topological polar surface area (TPSA) is 38.7 Å². The molecule has 0 saturated heterocycles. The molecule has 0 aromatic rings. The van der Waals surface area contributed by atoms with Gasteiger partial charge in [-0.1, -0.05) is 25.7 Å². The van der Waals surface area contributed by atoms with Crippen LogP contribution in [0.1, 0.15) is 19.8 Å². The van der Waals surface area contributed by atoms with Gasteiger partial charge in [-0.05, 0) is 5.92 Å². The van der Waals surface area contributed by atoms with E-state index in [0.29, 0.717) is 19.6 Å². The quantitative estimate of drug-likeness (QED) is 0.363. The van der Waals surface area contributed by atoms with E-state index in [1.165, 1.54) is 0 Å². The number of allylic oxidation sites excluding steroid dienone is 1. The lowest BCUT2D eigenvalue weighted by molar-refractivity contribution is 0.144. The molecule has 0 aliphatic heterocycles. The fourth-order valence-electron chi connectivity index (χ4n) is 0.971. The summed E-state index contributed by atoms with van der Waals surface area (Å²) in [5.41, 5.74) is 0. The SMILES string of the molecule is C=C(C/C=C\C(C)CO)OCCCOC. The summed E-state index contributed by atoms with van der Waals surface area (Å²) in [6, 6.07) is 0. The van der Waals surface area contributed by atoms with Crippen LogP contribution in [0.5, 0.6) is 0 Å². The van der Waals surface area contributed by atoms with E-state index >= 15 is 0 Å². The van der Waals surface area contributed by atoms with Gasteiger partial charge in [0.1, 0.15) is 0 Å². The Kier molecular flexibility index (Phi) is 9.22. The van der Waals surface area contributed by atoms with Gasteiger partial charge in [-0.2, -0.15) is 0 Å². The Labute approximate surface area is 92.4 Å². The molecule has 0 heterocycles. The molecule has 0 radical (unpaired) electrons. The Bertz CT molecular complexity index is 187. The minimum atomic E-state index is 0.178. The van der Waals surface area contributed by atoms with Gasteiger partial charge in [-0.3, -0.25) is 0 Å². The molecule has 0 rings (SSSR count). The molecule has 0 aliphatic carbocycles. The van der Waals surface area contributed by atoms with Crippen LogP contribution in [-0.4, -0.2) is 32.0 Å². The van der Waals surface area contributed by atoms with Crippen molar-refractivity contribution >= 4 is 0 Å². The zero-order chi connectivity index (χ0) is 11.5. The van der Waals surface area contributed by atoms with Crippen molar-refractivity contribution in [2.24, 2.45) is 5.92 Å². The van der Waals surface area contributed by atoms with Gasteiger partial charge in [0, 0.05) is 33.2 Å². The molecule has 0 aliphatic rings. The van der Waals surface area contributed by atoms with Crippen LogP contribution in [0.3, 0.4) is 0 Å². The molecule has 0 spiro atoms. The third-order valence-electron chi connectivity index (χ3n) is 1.90. The molecule has 0 saturated carbocycles. The lowest BCUT2D eigenvalue weighted by atomic mass is 10.1. The van der Waals surface area contributed by atoms with E-state index in [1.54, 1.807) is 7.11 Å². The number of aliphatic hydroxyl groups excluding tert-OH is 1. The van der Waals surface area contributed by atoms with E-state index in [9.17, 15) is 0 Å². The van der Waals surface area contributed by atoms with Crippen molar-refractivity contribution in [1.29, 1.82) is 0 Å². The van der Waals surface area contributed by atoms with Crippen molar-refractivity contribution < 1.29 is 14.6 Å². The average molecular weight is 214 g/mol. The number of hydrogen-bond acceptors (Lipinski definition) is 3. The van der Waals surface area contributed by atoms with Crippen LogP contribution < -0.4 is 0 Å². The first-order valence-corrected chi connectivity index (χ1v) is 5.27.